The summed E-state index contributed by atoms with van der Waals surface area (Å²) in [6.07, 6.45) is 3.07. The molecule has 6 aromatic rings. The number of carbonyl (C=O) groups excluding carboxylic acids is 1. The molecule has 2 heterocycles. The van der Waals surface area contributed by atoms with Crippen molar-refractivity contribution in [1.29, 1.82) is 0 Å². The molecule has 8 heteroatoms. The summed E-state index contributed by atoms with van der Waals surface area (Å²) >= 11 is 0. The SMILES string of the molecule is CC(c1ccccc1)n1c(NC(=O)C=Cc2ccccc2)c(S(=O)(=O)c2ccccc2)c2nc3ccccc3nc21. The minimum Gasteiger partial charge on any atom is -0.307 e. The molecule has 0 bridgehead atoms. The molecule has 1 N–H and O–H groups in total. The Morgan fingerprint density at radius 1 is 0.780 bits per heavy atom. The van der Waals surface area contributed by atoms with Gasteiger partial charge in [-0.05, 0) is 48.4 Å². The monoisotopic (exact) mass is 558 g/mol. The molecule has 1 atom stereocenters. The maximum atomic E-state index is 14.3. The number of para-hydroxylation sites is 2. The third kappa shape index (κ3) is 5.01. The average molecular weight is 559 g/mol. The number of nitrogens with zero attached hydrogens (tertiary/aromatic N) is 3. The van der Waals surface area contributed by atoms with Crippen LogP contribution in [0.1, 0.15) is 24.1 Å². The fraction of sp³-hybridized carbons (Fsp3) is 0.0606. The van der Waals surface area contributed by atoms with Crippen molar-refractivity contribution in [2.75, 3.05) is 5.32 Å². The topological polar surface area (TPSA) is 94.0 Å². The van der Waals surface area contributed by atoms with E-state index in [1.54, 1.807) is 34.9 Å². The fourth-order valence-electron chi connectivity index (χ4n) is 4.88. The van der Waals surface area contributed by atoms with Gasteiger partial charge in [0.1, 0.15) is 16.2 Å². The zero-order chi connectivity index (χ0) is 28.4. The van der Waals surface area contributed by atoms with Crippen molar-refractivity contribution in [1.82, 2.24) is 14.5 Å². The van der Waals surface area contributed by atoms with Crippen LogP contribution in [-0.4, -0.2) is 28.9 Å². The van der Waals surface area contributed by atoms with Gasteiger partial charge in [-0.15, -0.1) is 0 Å². The Morgan fingerprint density at radius 2 is 1.34 bits per heavy atom. The molecule has 6 rings (SSSR count). The summed E-state index contributed by atoms with van der Waals surface area (Å²) in [7, 11) is -4.13. The molecule has 0 saturated carbocycles. The normalized spacial score (nSPS) is 12.6. The van der Waals surface area contributed by atoms with Gasteiger partial charge in [-0.1, -0.05) is 91.0 Å². The number of benzene rings is 4. The van der Waals surface area contributed by atoms with Gasteiger partial charge in [0.2, 0.25) is 15.7 Å². The van der Waals surface area contributed by atoms with E-state index in [2.05, 4.69) is 5.32 Å². The molecule has 0 aliphatic carbocycles. The van der Waals surface area contributed by atoms with E-state index in [0.717, 1.165) is 11.1 Å². The number of fused-ring (bicyclic) bond motifs is 2. The summed E-state index contributed by atoms with van der Waals surface area (Å²) in [6, 6.07) is 34.2. The molecular weight excluding hydrogens is 532 g/mol. The highest BCUT2D eigenvalue weighted by molar-refractivity contribution is 7.92. The first-order valence-electron chi connectivity index (χ1n) is 13.1. The van der Waals surface area contributed by atoms with E-state index >= 15 is 0 Å². The minimum absolute atomic E-state index is 0.0942. The lowest BCUT2D eigenvalue weighted by atomic mass is 10.1. The van der Waals surface area contributed by atoms with Crippen LogP contribution in [-0.2, 0) is 14.6 Å². The second-order valence-electron chi connectivity index (χ2n) is 9.57. The number of anilines is 1. The second kappa shape index (κ2) is 10.8. The van der Waals surface area contributed by atoms with Crippen molar-refractivity contribution < 1.29 is 13.2 Å². The van der Waals surface area contributed by atoms with E-state index in [4.69, 9.17) is 9.97 Å². The van der Waals surface area contributed by atoms with Crippen molar-refractivity contribution in [3.63, 3.8) is 0 Å². The Balaban J connectivity index is 1.63. The summed E-state index contributed by atoms with van der Waals surface area (Å²) < 4.78 is 30.3. The molecule has 0 aliphatic rings. The molecular formula is C33H26N4O3S. The summed E-state index contributed by atoms with van der Waals surface area (Å²) in [4.78, 5) is 23.1. The van der Waals surface area contributed by atoms with Gasteiger partial charge in [-0.25, -0.2) is 18.4 Å². The molecule has 7 nitrogen and oxygen atoms in total. The van der Waals surface area contributed by atoms with Crippen LogP contribution in [0.15, 0.2) is 131 Å². The van der Waals surface area contributed by atoms with E-state index in [1.165, 1.54) is 18.2 Å². The third-order valence-electron chi connectivity index (χ3n) is 6.91. The highest BCUT2D eigenvalue weighted by atomic mass is 32.2. The summed E-state index contributed by atoms with van der Waals surface area (Å²) in [5.41, 5.74) is 3.47. The van der Waals surface area contributed by atoms with Gasteiger partial charge in [0.15, 0.2) is 5.65 Å². The van der Waals surface area contributed by atoms with Crippen molar-refractivity contribution in [2.45, 2.75) is 22.8 Å². The summed E-state index contributed by atoms with van der Waals surface area (Å²) in [6.45, 7) is 1.94. The van der Waals surface area contributed by atoms with Gasteiger partial charge in [0.25, 0.3) is 0 Å². The maximum Gasteiger partial charge on any atom is 0.249 e. The number of nitrogens with one attached hydrogen (secondary N) is 1. The van der Waals surface area contributed by atoms with Gasteiger partial charge in [0.05, 0.1) is 22.0 Å². The highest BCUT2D eigenvalue weighted by Crippen LogP contribution is 2.40. The molecule has 0 aliphatic heterocycles. The van der Waals surface area contributed by atoms with Gasteiger partial charge < -0.3 is 9.88 Å². The zero-order valence-corrected chi connectivity index (χ0v) is 23.0. The van der Waals surface area contributed by atoms with E-state index in [0.29, 0.717) is 16.7 Å². The van der Waals surface area contributed by atoms with Crippen molar-refractivity contribution in [2.24, 2.45) is 0 Å². The standard InChI is InChI=1S/C33H26N4O3S/c1-23(25-15-7-3-8-16-25)37-32-30(34-27-19-11-12-20-28(27)35-32)31(41(39,40)26-17-9-4-10-18-26)33(37)36-29(38)22-21-24-13-5-2-6-14-24/h2-23H,1H3,(H,36,38). The van der Waals surface area contributed by atoms with Crippen LogP contribution < -0.4 is 5.32 Å². The molecule has 2 aromatic heterocycles. The van der Waals surface area contributed by atoms with Crippen LogP contribution in [0.2, 0.25) is 0 Å². The van der Waals surface area contributed by atoms with Crippen molar-refractivity contribution in [3.05, 3.63) is 132 Å². The minimum atomic E-state index is -4.13. The molecule has 4 aromatic carbocycles. The lowest BCUT2D eigenvalue weighted by Crippen LogP contribution is -2.18. The maximum absolute atomic E-state index is 14.3. The predicted octanol–water partition coefficient (Wildman–Crippen LogP) is 6.68. The fourth-order valence-corrected chi connectivity index (χ4v) is 6.43. The molecule has 0 fully saturated rings. The van der Waals surface area contributed by atoms with E-state index in [9.17, 15) is 13.2 Å². The highest BCUT2D eigenvalue weighted by Gasteiger charge is 2.33. The average Bonchev–Trinajstić information content (AvgIpc) is 3.32. The molecule has 41 heavy (non-hydrogen) atoms. The zero-order valence-electron chi connectivity index (χ0n) is 22.2. The Hall–Kier alpha value is -5.08. The van der Waals surface area contributed by atoms with E-state index < -0.39 is 15.7 Å². The Morgan fingerprint density at radius 3 is 2.00 bits per heavy atom. The Bertz CT molecular complexity index is 2000. The number of rotatable bonds is 7. The molecule has 0 spiro atoms. The van der Waals surface area contributed by atoms with Crippen LogP contribution in [0, 0.1) is 0 Å². The van der Waals surface area contributed by atoms with Gasteiger partial charge >= 0.3 is 0 Å². The van der Waals surface area contributed by atoms with Crippen LogP contribution >= 0.6 is 0 Å². The largest absolute Gasteiger partial charge is 0.307 e. The Kier molecular flexibility index (Phi) is 6.91. The molecule has 0 radical (unpaired) electrons. The van der Waals surface area contributed by atoms with Crippen LogP contribution in [0.4, 0.5) is 5.82 Å². The first-order valence-corrected chi connectivity index (χ1v) is 14.6. The lowest BCUT2D eigenvalue weighted by Gasteiger charge is -2.19. The summed E-state index contributed by atoms with van der Waals surface area (Å²) in [5.74, 6) is -0.370. The molecule has 202 valence electrons. The lowest BCUT2D eigenvalue weighted by molar-refractivity contribution is -0.111. The van der Waals surface area contributed by atoms with E-state index in [-0.39, 0.29) is 27.2 Å². The first-order chi connectivity index (χ1) is 19.9. The van der Waals surface area contributed by atoms with Gasteiger partial charge in [-0.3, -0.25) is 4.79 Å². The Labute approximate surface area is 237 Å². The van der Waals surface area contributed by atoms with Crippen LogP contribution in [0.5, 0.6) is 0 Å². The van der Waals surface area contributed by atoms with Gasteiger partial charge in [-0.2, -0.15) is 0 Å². The smallest absolute Gasteiger partial charge is 0.249 e. The van der Waals surface area contributed by atoms with Gasteiger partial charge in [0, 0.05) is 6.08 Å². The number of carbonyl (C=O) groups is 1. The number of amides is 1. The summed E-state index contributed by atoms with van der Waals surface area (Å²) in [5, 5.41) is 2.90. The van der Waals surface area contributed by atoms with Crippen LogP contribution in [0.25, 0.3) is 28.3 Å². The second-order valence-corrected chi connectivity index (χ2v) is 11.5. The third-order valence-corrected chi connectivity index (χ3v) is 8.73. The molecule has 1 amide bonds. The molecule has 0 saturated heterocycles. The number of hydrogen-bond donors (Lipinski definition) is 1. The molecule has 1 unspecified atom stereocenters. The van der Waals surface area contributed by atoms with Crippen LogP contribution in [0.3, 0.4) is 0 Å². The van der Waals surface area contributed by atoms with Crippen molar-refractivity contribution in [3.8, 4) is 0 Å². The quantitative estimate of drug-likeness (QED) is 0.221. The van der Waals surface area contributed by atoms with E-state index in [1.807, 2.05) is 85.8 Å². The number of aromatic nitrogens is 3. The predicted molar refractivity (Wildman–Crippen MR) is 161 cm³/mol. The number of hydrogen-bond acceptors (Lipinski definition) is 5. The number of sulfone groups is 1. The van der Waals surface area contributed by atoms with Crippen molar-refractivity contribution >= 4 is 49.8 Å². The first kappa shape index (κ1) is 26.2.